The molecule has 0 bridgehead atoms. The van der Waals surface area contributed by atoms with E-state index in [2.05, 4.69) is 15.3 Å². The van der Waals surface area contributed by atoms with Crippen molar-refractivity contribution >= 4 is 28.7 Å². The minimum atomic E-state index is 0.0406. The van der Waals surface area contributed by atoms with Crippen LogP contribution in [0.15, 0.2) is 12.1 Å². The number of imidazole rings is 1. The molecule has 0 saturated carbocycles. The van der Waals surface area contributed by atoms with E-state index in [1.807, 2.05) is 30.5 Å². The minimum Gasteiger partial charge on any atom is -0.356 e. The Hall–Kier alpha value is -1.62. The van der Waals surface area contributed by atoms with Crippen LogP contribution in [0, 0.1) is 6.92 Å². The van der Waals surface area contributed by atoms with E-state index in [9.17, 15) is 4.79 Å². The maximum atomic E-state index is 11.6. The molecule has 0 fully saturated rings. The molecule has 20 heavy (non-hydrogen) atoms. The summed E-state index contributed by atoms with van der Waals surface area (Å²) in [5.74, 6) is 1.43. The molecule has 6 heteroatoms. The third-order valence-electron chi connectivity index (χ3n) is 3.07. The van der Waals surface area contributed by atoms with Gasteiger partial charge in [0.2, 0.25) is 5.91 Å². The number of hydrogen-bond donors (Lipinski definition) is 1. The highest BCUT2D eigenvalue weighted by atomic mass is 35.5. The number of rotatable bonds is 6. The molecule has 1 N–H and O–H groups in total. The molecular weight excluding hydrogens is 276 g/mol. The first-order chi connectivity index (χ1) is 9.65. The lowest BCUT2D eigenvalue weighted by Crippen LogP contribution is -2.24. The summed E-state index contributed by atoms with van der Waals surface area (Å²) in [7, 11) is 0. The number of aryl methyl sites for hydroxylation is 3. The molecule has 2 aromatic rings. The van der Waals surface area contributed by atoms with Crippen molar-refractivity contribution in [3.05, 3.63) is 23.7 Å². The summed E-state index contributed by atoms with van der Waals surface area (Å²) in [5.41, 5.74) is 2.62. The van der Waals surface area contributed by atoms with Crippen molar-refractivity contribution in [1.82, 2.24) is 19.9 Å². The molecule has 0 aliphatic rings. The van der Waals surface area contributed by atoms with Crippen molar-refractivity contribution < 1.29 is 4.79 Å². The number of aromatic nitrogens is 3. The first-order valence-electron chi connectivity index (χ1n) is 6.81. The van der Waals surface area contributed by atoms with Gasteiger partial charge in [-0.15, -0.1) is 11.6 Å². The van der Waals surface area contributed by atoms with E-state index >= 15 is 0 Å². The number of pyridine rings is 1. The van der Waals surface area contributed by atoms with E-state index in [1.54, 1.807) is 0 Å². The van der Waals surface area contributed by atoms with E-state index in [0.717, 1.165) is 22.7 Å². The topological polar surface area (TPSA) is 59.8 Å². The monoisotopic (exact) mass is 294 g/mol. The number of halogens is 1. The quantitative estimate of drug-likeness (QED) is 0.830. The van der Waals surface area contributed by atoms with Crippen LogP contribution in [-0.2, 0) is 17.8 Å². The summed E-state index contributed by atoms with van der Waals surface area (Å²) in [6, 6.07) is 3.89. The Morgan fingerprint density at radius 1 is 1.40 bits per heavy atom. The molecule has 0 aliphatic heterocycles. The summed E-state index contributed by atoms with van der Waals surface area (Å²) in [4.78, 5) is 20.7. The molecule has 5 nitrogen and oxygen atoms in total. The van der Waals surface area contributed by atoms with Gasteiger partial charge in [0.15, 0.2) is 5.65 Å². The van der Waals surface area contributed by atoms with Crippen LogP contribution in [0.1, 0.15) is 24.9 Å². The third kappa shape index (κ3) is 3.28. The predicted octanol–water partition coefficient (Wildman–Crippen LogP) is 2.05. The highest BCUT2D eigenvalue weighted by Crippen LogP contribution is 2.16. The highest BCUT2D eigenvalue weighted by molar-refractivity contribution is 6.17. The lowest BCUT2D eigenvalue weighted by atomic mass is 10.3. The molecule has 2 aromatic heterocycles. The Morgan fingerprint density at radius 2 is 2.20 bits per heavy atom. The average Bonchev–Trinajstić information content (AvgIpc) is 2.74. The van der Waals surface area contributed by atoms with Crippen molar-refractivity contribution in [2.75, 3.05) is 12.4 Å². The lowest BCUT2D eigenvalue weighted by molar-refractivity contribution is -0.121. The van der Waals surface area contributed by atoms with Gasteiger partial charge in [-0.3, -0.25) is 4.79 Å². The summed E-state index contributed by atoms with van der Waals surface area (Å²) < 4.78 is 2.00. The number of nitrogens with one attached hydrogen (secondary N) is 1. The van der Waals surface area contributed by atoms with Crippen molar-refractivity contribution in [2.24, 2.45) is 0 Å². The predicted molar refractivity (Wildman–Crippen MR) is 80.0 cm³/mol. The van der Waals surface area contributed by atoms with Gasteiger partial charge in [0.1, 0.15) is 11.3 Å². The number of fused-ring (bicyclic) bond motifs is 1. The SMILES string of the molecule is CCNC(=O)CCn1c(CCCl)nc2ccc(C)nc21. The number of alkyl halides is 1. The fourth-order valence-corrected chi connectivity index (χ4v) is 2.32. The van der Waals surface area contributed by atoms with E-state index in [1.165, 1.54) is 0 Å². The number of hydrogen-bond acceptors (Lipinski definition) is 3. The second-order valence-corrected chi connectivity index (χ2v) is 5.00. The molecular formula is C14H19ClN4O. The summed E-state index contributed by atoms with van der Waals surface area (Å²) in [5, 5.41) is 2.80. The van der Waals surface area contributed by atoms with E-state index in [4.69, 9.17) is 11.6 Å². The molecule has 0 spiro atoms. The molecule has 0 radical (unpaired) electrons. The smallest absolute Gasteiger partial charge is 0.221 e. The first-order valence-corrected chi connectivity index (χ1v) is 7.34. The van der Waals surface area contributed by atoms with E-state index in [-0.39, 0.29) is 5.91 Å². The largest absolute Gasteiger partial charge is 0.356 e. The van der Waals surface area contributed by atoms with Crippen LogP contribution < -0.4 is 5.32 Å². The average molecular weight is 295 g/mol. The molecule has 0 atom stereocenters. The Labute approximate surface area is 123 Å². The van der Waals surface area contributed by atoms with Crippen molar-refractivity contribution in [3.63, 3.8) is 0 Å². The summed E-state index contributed by atoms with van der Waals surface area (Å²) in [6.07, 6.45) is 1.09. The van der Waals surface area contributed by atoms with Gasteiger partial charge >= 0.3 is 0 Å². The van der Waals surface area contributed by atoms with Gasteiger partial charge in [-0.2, -0.15) is 0 Å². The Morgan fingerprint density at radius 3 is 2.90 bits per heavy atom. The van der Waals surface area contributed by atoms with Crippen LogP contribution in [-0.4, -0.2) is 32.9 Å². The zero-order valence-electron chi connectivity index (χ0n) is 11.8. The molecule has 2 heterocycles. The maximum absolute atomic E-state index is 11.6. The van der Waals surface area contributed by atoms with Crippen LogP contribution in [0.5, 0.6) is 0 Å². The molecule has 0 saturated heterocycles. The summed E-state index contributed by atoms with van der Waals surface area (Å²) in [6.45, 7) is 5.08. The Bertz CT molecular complexity index is 608. The number of carbonyl (C=O) groups excluding carboxylic acids is 1. The van der Waals surface area contributed by atoms with Crippen LogP contribution in [0.2, 0.25) is 0 Å². The standard InChI is InChI=1S/C14H19ClN4O/c1-3-16-13(20)7-9-19-12(6-8-15)18-11-5-4-10(2)17-14(11)19/h4-5H,3,6-9H2,1-2H3,(H,16,20). The fraction of sp³-hybridized carbons (Fsp3) is 0.500. The van der Waals surface area contributed by atoms with Crippen molar-refractivity contribution in [2.45, 2.75) is 33.2 Å². The van der Waals surface area contributed by atoms with Crippen LogP contribution in [0.4, 0.5) is 0 Å². The van der Waals surface area contributed by atoms with Crippen molar-refractivity contribution in [3.8, 4) is 0 Å². The molecule has 108 valence electrons. The maximum Gasteiger partial charge on any atom is 0.221 e. The van der Waals surface area contributed by atoms with Crippen molar-refractivity contribution in [1.29, 1.82) is 0 Å². The zero-order valence-corrected chi connectivity index (χ0v) is 12.6. The first kappa shape index (κ1) is 14.8. The lowest BCUT2D eigenvalue weighted by Gasteiger charge is -2.08. The van der Waals surface area contributed by atoms with E-state index in [0.29, 0.717) is 31.8 Å². The highest BCUT2D eigenvalue weighted by Gasteiger charge is 2.12. The van der Waals surface area contributed by atoms with Gasteiger partial charge in [0.05, 0.1) is 0 Å². The Balaban J connectivity index is 2.30. The second-order valence-electron chi connectivity index (χ2n) is 4.62. The number of carbonyl (C=O) groups is 1. The van der Waals surface area contributed by atoms with Crippen LogP contribution in [0.25, 0.3) is 11.2 Å². The molecule has 0 aromatic carbocycles. The van der Waals surface area contributed by atoms with Gasteiger partial charge in [0.25, 0.3) is 0 Å². The Kier molecular flexibility index (Phi) is 4.95. The fourth-order valence-electron chi connectivity index (χ4n) is 2.15. The third-order valence-corrected chi connectivity index (χ3v) is 3.25. The molecule has 0 aliphatic carbocycles. The van der Waals surface area contributed by atoms with Gasteiger partial charge < -0.3 is 9.88 Å². The zero-order chi connectivity index (χ0) is 14.5. The normalized spacial score (nSPS) is 10.9. The second kappa shape index (κ2) is 6.70. The van der Waals surface area contributed by atoms with Gasteiger partial charge in [-0.05, 0) is 26.0 Å². The molecule has 2 rings (SSSR count). The van der Waals surface area contributed by atoms with E-state index < -0.39 is 0 Å². The molecule has 0 unspecified atom stereocenters. The minimum absolute atomic E-state index is 0.0406. The number of nitrogens with zero attached hydrogens (tertiary/aromatic N) is 3. The van der Waals surface area contributed by atoms with Crippen LogP contribution >= 0.6 is 11.6 Å². The number of amides is 1. The molecule has 1 amide bonds. The summed E-state index contributed by atoms with van der Waals surface area (Å²) >= 11 is 5.83. The van der Waals surface area contributed by atoms with Gasteiger partial charge in [-0.1, -0.05) is 0 Å². The van der Waals surface area contributed by atoms with Gasteiger partial charge in [-0.25, -0.2) is 9.97 Å². The van der Waals surface area contributed by atoms with Gasteiger partial charge in [0, 0.05) is 37.5 Å². The van der Waals surface area contributed by atoms with Crippen LogP contribution in [0.3, 0.4) is 0 Å².